The molecule has 0 radical (unpaired) electrons. The predicted molar refractivity (Wildman–Crippen MR) is 67.8 cm³/mol. The average Bonchev–Trinajstić information content (AvgIpc) is 2.64. The third-order valence-corrected chi connectivity index (χ3v) is 3.00. The molecule has 0 fully saturated rings. The van der Waals surface area contributed by atoms with Crippen LogP contribution in [-0.2, 0) is 7.05 Å². The fraction of sp³-hybridized carbons (Fsp3) is 0.154. The summed E-state index contributed by atoms with van der Waals surface area (Å²) in [6, 6.07) is 12.5. The van der Waals surface area contributed by atoms with Crippen LogP contribution in [0, 0.1) is 0 Å². The van der Waals surface area contributed by atoms with Crippen molar-refractivity contribution in [3.63, 3.8) is 0 Å². The van der Waals surface area contributed by atoms with Crippen molar-refractivity contribution in [3.05, 3.63) is 36.4 Å². The van der Waals surface area contributed by atoms with Crippen molar-refractivity contribution in [2.75, 3.05) is 12.4 Å². The van der Waals surface area contributed by atoms with Gasteiger partial charge in [-0.1, -0.05) is 18.2 Å². The number of aromatic nitrogens is 2. The van der Waals surface area contributed by atoms with Gasteiger partial charge in [-0.2, -0.15) is 0 Å². The van der Waals surface area contributed by atoms with Crippen LogP contribution in [0.5, 0.6) is 0 Å². The number of anilines is 1. The second kappa shape index (κ2) is 3.23. The van der Waals surface area contributed by atoms with Gasteiger partial charge in [0.2, 0.25) is 0 Å². The molecule has 3 nitrogen and oxygen atoms in total. The quantitative estimate of drug-likeness (QED) is 0.670. The maximum absolute atomic E-state index is 4.58. The Kier molecular flexibility index (Phi) is 1.86. The summed E-state index contributed by atoms with van der Waals surface area (Å²) in [5.41, 5.74) is 2.24. The lowest BCUT2D eigenvalue weighted by molar-refractivity contribution is 0.990. The molecular formula is C13H13N3. The van der Waals surface area contributed by atoms with Gasteiger partial charge in [-0.25, -0.2) is 4.98 Å². The highest BCUT2D eigenvalue weighted by molar-refractivity contribution is 6.06. The number of hydrogen-bond donors (Lipinski definition) is 1. The van der Waals surface area contributed by atoms with Gasteiger partial charge in [0.25, 0.3) is 0 Å². The summed E-state index contributed by atoms with van der Waals surface area (Å²) in [4.78, 5) is 4.58. The van der Waals surface area contributed by atoms with E-state index in [1.807, 2.05) is 13.1 Å². The molecule has 3 heteroatoms. The van der Waals surface area contributed by atoms with Crippen LogP contribution in [0.25, 0.3) is 21.9 Å². The second-order valence-electron chi connectivity index (χ2n) is 3.89. The van der Waals surface area contributed by atoms with Gasteiger partial charge in [0.05, 0.1) is 5.52 Å². The topological polar surface area (TPSA) is 29.9 Å². The molecule has 0 saturated carbocycles. The second-order valence-corrected chi connectivity index (χ2v) is 3.89. The minimum absolute atomic E-state index is 0.901. The molecule has 2 aromatic heterocycles. The molecule has 3 rings (SSSR count). The number of para-hydroxylation sites is 1. The van der Waals surface area contributed by atoms with E-state index in [1.165, 1.54) is 16.3 Å². The standard InChI is InChI=1S/C13H13N3/c1-14-12-8-7-10-9-5-3-4-6-11(9)16(2)13(10)15-12/h3-8H,1-2H3,(H,14,15). The van der Waals surface area contributed by atoms with E-state index in [-0.39, 0.29) is 0 Å². The molecule has 3 aromatic rings. The number of rotatable bonds is 1. The highest BCUT2D eigenvalue weighted by Crippen LogP contribution is 2.27. The summed E-state index contributed by atoms with van der Waals surface area (Å²) in [5.74, 6) is 0.901. The van der Waals surface area contributed by atoms with E-state index >= 15 is 0 Å². The van der Waals surface area contributed by atoms with Gasteiger partial charge in [0.15, 0.2) is 0 Å². The largest absolute Gasteiger partial charge is 0.373 e. The highest BCUT2D eigenvalue weighted by atomic mass is 15.1. The lowest BCUT2D eigenvalue weighted by atomic mass is 10.2. The molecule has 0 spiro atoms. The number of nitrogens with zero attached hydrogens (tertiary/aromatic N) is 2. The summed E-state index contributed by atoms with van der Waals surface area (Å²) in [6.07, 6.45) is 0. The van der Waals surface area contributed by atoms with Crippen LogP contribution in [0.3, 0.4) is 0 Å². The summed E-state index contributed by atoms with van der Waals surface area (Å²) in [6.45, 7) is 0. The normalized spacial score (nSPS) is 11.1. The smallest absolute Gasteiger partial charge is 0.143 e. The van der Waals surface area contributed by atoms with Crippen LogP contribution in [0.2, 0.25) is 0 Å². The first kappa shape index (κ1) is 9.21. The van der Waals surface area contributed by atoms with Crippen LogP contribution in [0.15, 0.2) is 36.4 Å². The van der Waals surface area contributed by atoms with E-state index in [9.17, 15) is 0 Å². The Morgan fingerprint density at radius 3 is 2.69 bits per heavy atom. The van der Waals surface area contributed by atoms with E-state index in [0.29, 0.717) is 0 Å². The highest BCUT2D eigenvalue weighted by Gasteiger charge is 2.08. The third-order valence-electron chi connectivity index (χ3n) is 3.00. The molecule has 1 aromatic carbocycles. The van der Waals surface area contributed by atoms with E-state index in [4.69, 9.17) is 0 Å². The number of aryl methyl sites for hydroxylation is 1. The first-order valence-electron chi connectivity index (χ1n) is 5.33. The van der Waals surface area contributed by atoms with E-state index in [0.717, 1.165) is 11.5 Å². The van der Waals surface area contributed by atoms with Gasteiger partial charge in [0, 0.05) is 24.9 Å². The molecule has 2 heterocycles. The molecule has 0 aliphatic carbocycles. The predicted octanol–water partition coefficient (Wildman–Crippen LogP) is 2.77. The number of hydrogen-bond acceptors (Lipinski definition) is 2. The van der Waals surface area contributed by atoms with Crippen LogP contribution < -0.4 is 5.32 Å². The molecule has 1 N–H and O–H groups in total. The minimum atomic E-state index is 0.901. The van der Waals surface area contributed by atoms with Gasteiger partial charge in [-0.15, -0.1) is 0 Å². The number of fused-ring (bicyclic) bond motifs is 3. The first-order chi connectivity index (χ1) is 7.81. The van der Waals surface area contributed by atoms with E-state index in [2.05, 4.69) is 52.2 Å². The monoisotopic (exact) mass is 211 g/mol. The fourth-order valence-corrected chi connectivity index (χ4v) is 2.16. The van der Waals surface area contributed by atoms with Gasteiger partial charge in [0.1, 0.15) is 11.5 Å². The van der Waals surface area contributed by atoms with Gasteiger partial charge in [-0.05, 0) is 18.2 Å². The summed E-state index contributed by atoms with van der Waals surface area (Å²) >= 11 is 0. The molecule has 80 valence electrons. The Labute approximate surface area is 93.7 Å². The van der Waals surface area contributed by atoms with Crippen molar-refractivity contribution in [2.45, 2.75) is 0 Å². The molecule has 0 bridgehead atoms. The Morgan fingerprint density at radius 2 is 1.88 bits per heavy atom. The molecule has 0 saturated heterocycles. The van der Waals surface area contributed by atoms with Crippen LogP contribution in [0.4, 0.5) is 5.82 Å². The van der Waals surface area contributed by atoms with Gasteiger partial charge >= 0.3 is 0 Å². The van der Waals surface area contributed by atoms with Crippen LogP contribution >= 0.6 is 0 Å². The van der Waals surface area contributed by atoms with Crippen LogP contribution in [-0.4, -0.2) is 16.6 Å². The zero-order valence-corrected chi connectivity index (χ0v) is 9.36. The zero-order chi connectivity index (χ0) is 11.1. The zero-order valence-electron chi connectivity index (χ0n) is 9.36. The number of benzene rings is 1. The maximum Gasteiger partial charge on any atom is 0.143 e. The Morgan fingerprint density at radius 1 is 1.06 bits per heavy atom. The maximum atomic E-state index is 4.58. The molecule has 0 unspecified atom stereocenters. The third kappa shape index (κ3) is 1.11. The Balaban J connectivity index is 2.51. The Hall–Kier alpha value is -2.03. The van der Waals surface area contributed by atoms with Crippen molar-refractivity contribution in [1.29, 1.82) is 0 Å². The molecular weight excluding hydrogens is 198 g/mol. The summed E-state index contributed by atoms with van der Waals surface area (Å²) in [7, 11) is 3.94. The van der Waals surface area contributed by atoms with Gasteiger partial charge < -0.3 is 9.88 Å². The Bertz CT molecular complexity index is 667. The molecule has 16 heavy (non-hydrogen) atoms. The van der Waals surface area contributed by atoms with Crippen molar-refractivity contribution in [1.82, 2.24) is 9.55 Å². The molecule has 0 amide bonds. The molecule has 0 aliphatic rings. The fourth-order valence-electron chi connectivity index (χ4n) is 2.16. The van der Waals surface area contributed by atoms with E-state index < -0.39 is 0 Å². The SMILES string of the molecule is CNc1ccc2c3ccccc3n(C)c2n1. The van der Waals surface area contributed by atoms with Crippen LogP contribution in [0.1, 0.15) is 0 Å². The van der Waals surface area contributed by atoms with Gasteiger partial charge in [-0.3, -0.25) is 0 Å². The number of nitrogens with one attached hydrogen (secondary N) is 1. The summed E-state index contributed by atoms with van der Waals surface area (Å²) in [5, 5.41) is 5.53. The average molecular weight is 211 g/mol. The number of pyridine rings is 1. The van der Waals surface area contributed by atoms with Crippen molar-refractivity contribution in [2.24, 2.45) is 7.05 Å². The van der Waals surface area contributed by atoms with Crippen molar-refractivity contribution >= 4 is 27.8 Å². The van der Waals surface area contributed by atoms with Crippen molar-refractivity contribution in [3.8, 4) is 0 Å². The van der Waals surface area contributed by atoms with Crippen molar-refractivity contribution < 1.29 is 0 Å². The first-order valence-corrected chi connectivity index (χ1v) is 5.33. The summed E-state index contributed by atoms with van der Waals surface area (Å²) < 4.78 is 2.13. The molecule has 0 atom stereocenters. The lowest BCUT2D eigenvalue weighted by Crippen LogP contribution is -1.94. The molecule has 0 aliphatic heterocycles. The minimum Gasteiger partial charge on any atom is -0.373 e. The van der Waals surface area contributed by atoms with E-state index in [1.54, 1.807) is 0 Å². The lowest BCUT2D eigenvalue weighted by Gasteiger charge is -2.00.